The molecule has 0 saturated carbocycles. The molecular formula is C24H30ClN3O4S2. The summed E-state index contributed by atoms with van der Waals surface area (Å²) in [5.41, 5.74) is 0.673. The van der Waals surface area contributed by atoms with Gasteiger partial charge < -0.3 is 9.64 Å². The molecule has 3 rings (SSSR count). The Morgan fingerprint density at radius 2 is 1.79 bits per heavy atom. The van der Waals surface area contributed by atoms with Crippen LogP contribution in [0.4, 0.5) is 5.13 Å². The van der Waals surface area contributed by atoms with E-state index in [0.717, 1.165) is 17.8 Å². The van der Waals surface area contributed by atoms with Crippen molar-refractivity contribution in [3.63, 3.8) is 0 Å². The number of carbonyl (C=O) groups excluding carboxylic acids is 1. The maximum absolute atomic E-state index is 13.2. The number of ether oxygens (including phenoxy) is 1. The third kappa shape index (κ3) is 6.47. The maximum Gasteiger partial charge on any atom is 0.228 e. The molecule has 3 aromatic rings. The number of likely N-dealkylation sites (N-methyl/N-ethyl adjacent to an activating group) is 1. The minimum absolute atomic E-state index is 0.108. The van der Waals surface area contributed by atoms with E-state index in [-0.39, 0.29) is 29.4 Å². The maximum atomic E-state index is 13.2. The molecule has 184 valence electrons. The van der Waals surface area contributed by atoms with Crippen molar-refractivity contribution in [1.29, 1.82) is 0 Å². The second-order valence-corrected chi connectivity index (χ2v) is 11.3. The molecule has 0 aliphatic rings. The molecule has 0 spiro atoms. The molecule has 0 unspecified atom stereocenters. The minimum atomic E-state index is -3.50. The first-order chi connectivity index (χ1) is 16.3. The Bertz CT molecular complexity index is 1210. The van der Waals surface area contributed by atoms with Gasteiger partial charge in [-0.25, -0.2) is 13.4 Å². The normalized spacial score (nSPS) is 11.8. The lowest BCUT2D eigenvalue weighted by atomic mass is 10.3. The molecule has 10 heteroatoms. The summed E-state index contributed by atoms with van der Waals surface area (Å²) in [6.07, 6.45) is 0.331. The van der Waals surface area contributed by atoms with Crippen molar-refractivity contribution in [1.82, 2.24) is 9.88 Å². The summed E-state index contributed by atoms with van der Waals surface area (Å²) in [6.45, 7) is 7.10. The molecule has 34 heavy (non-hydrogen) atoms. The van der Waals surface area contributed by atoms with Gasteiger partial charge in [0.2, 0.25) is 5.91 Å². The van der Waals surface area contributed by atoms with Gasteiger partial charge in [-0.3, -0.25) is 9.69 Å². The summed E-state index contributed by atoms with van der Waals surface area (Å²) in [5.74, 6) is 0.335. The van der Waals surface area contributed by atoms with Gasteiger partial charge in [0.05, 0.1) is 27.5 Å². The van der Waals surface area contributed by atoms with Crippen LogP contribution in [0, 0.1) is 0 Å². The first-order valence-electron chi connectivity index (χ1n) is 11.2. The highest BCUT2D eigenvalue weighted by atomic mass is 35.5. The van der Waals surface area contributed by atoms with Gasteiger partial charge in [-0.15, -0.1) is 0 Å². The van der Waals surface area contributed by atoms with Crippen LogP contribution in [0.2, 0.25) is 5.02 Å². The Morgan fingerprint density at radius 3 is 2.41 bits per heavy atom. The van der Waals surface area contributed by atoms with Gasteiger partial charge in [0.1, 0.15) is 11.3 Å². The van der Waals surface area contributed by atoms with Crippen molar-refractivity contribution in [2.24, 2.45) is 0 Å². The van der Waals surface area contributed by atoms with Crippen LogP contribution in [0.25, 0.3) is 10.2 Å². The number of halogens is 1. The zero-order chi connectivity index (χ0) is 24.7. The summed E-state index contributed by atoms with van der Waals surface area (Å²) in [6, 6.07) is 11.8. The number of sulfone groups is 1. The fraction of sp³-hybridized carbons (Fsp3) is 0.417. The molecule has 0 bridgehead atoms. The fourth-order valence-corrected chi connectivity index (χ4v) is 6.20. The molecule has 1 heterocycles. The highest BCUT2D eigenvalue weighted by molar-refractivity contribution is 7.91. The lowest BCUT2D eigenvalue weighted by molar-refractivity contribution is -0.118. The third-order valence-electron chi connectivity index (χ3n) is 5.65. The van der Waals surface area contributed by atoms with E-state index in [2.05, 4.69) is 23.7 Å². The SMILES string of the molecule is CCN(CC)CCN(C(=O)CCCS(=O)(=O)c1ccc(OC)cc1)c1nc2c(Cl)cccc2s1. The fourth-order valence-electron chi connectivity index (χ4n) is 3.58. The van der Waals surface area contributed by atoms with Crippen LogP contribution in [0.3, 0.4) is 0 Å². The molecule has 7 nitrogen and oxygen atoms in total. The molecule has 1 amide bonds. The molecule has 0 fully saturated rings. The molecule has 0 aliphatic heterocycles. The second-order valence-electron chi connectivity index (χ2n) is 7.75. The molecule has 0 aliphatic carbocycles. The monoisotopic (exact) mass is 523 g/mol. The van der Waals surface area contributed by atoms with Gasteiger partial charge in [0, 0.05) is 19.5 Å². The quantitative estimate of drug-likeness (QED) is 0.336. The van der Waals surface area contributed by atoms with Crippen LogP contribution in [0.15, 0.2) is 47.4 Å². The second kappa shape index (κ2) is 12.0. The number of hydrogen-bond donors (Lipinski definition) is 0. The highest BCUT2D eigenvalue weighted by Gasteiger charge is 2.22. The van der Waals surface area contributed by atoms with Crippen LogP contribution < -0.4 is 9.64 Å². The van der Waals surface area contributed by atoms with Crippen molar-refractivity contribution in [2.45, 2.75) is 31.6 Å². The van der Waals surface area contributed by atoms with Crippen LogP contribution >= 0.6 is 22.9 Å². The number of methoxy groups -OCH3 is 1. The molecule has 0 saturated heterocycles. The minimum Gasteiger partial charge on any atom is -0.497 e. The number of carbonyl (C=O) groups is 1. The Morgan fingerprint density at radius 1 is 1.09 bits per heavy atom. The number of rotatable bonds is 12. The molecule has 0 N–H and O–H groups in total. The summed E-state index contributed by atoms with van der Waals surface area (Å²) in [7, 11) is -1.97. The molecule has 2 aromatic carbocycles. The van der Waals surface area contributed by atoms with E-state index in [1.165, 1.54) is 30.6 Å². The van der Waals surface area contributed by atoms with E-state index >= 15 is 0 Å². The first kappa shape index (κ1) is 26.4. The van der Waals surface area contributed by atoms with Crippen molar-refractivity contribution in [2.75, 3.05) is 43.9 Å². The van der Waals surface area contributed by atoms with E-state index in [4.69, 9.17) is 16.3 Å². The number of aromatic nitrogens is 1. The zero-order valence-electron chi connectivity index (χ0n) is 19.7. The van der Waals surface area contributed by atoms with Gasteiger partial charge in [-0.1, -0.05) is 42.9 Å². The number of thiazole rings is 1. The Labute approximate surface area is 210 Å². The standard InChI is InChI=1S/C24H30ClN3O4S2/c1-4-27(5-2)15-16-28(24-26-23-20(25)8-6-9-21(23)33-24)22(29)10-7-17-34(30,31)19-13-11-18(32-3)12-14-19/h6,8-9,11-14H,4-5,7,10,15-17H2,1-3H3. The smallest absolute Gasteiger partial charge is 0.228 e. The molecule has 1 aromatic heterocycles. The number of nitrogens with zero attached hydrogens (tertiary/aromatic N) is 3. The molecular weight excluding hydrogens is 494 g/mol. The van der Waals surface area contributed by atoms with E-state index < -0.39 is 9.84 Å². The first-order valence-corrected chi connectivity index (χ1v) is 14.1. The topological polar surface area (TPSA) is 79.8 Å². The Kier molecular flexibility index (Phi) is 9.30. The predicted octanol–water partition coefficient (Wildman–Crippen LogP) is 4.89. The van der Waals surface area contributed by atoms with Crippen molar-refractivity contribution >= 4 is 54.0 Å². The van der Waals surface area contributed by atoms with Gasteiger partial charge in [-0.05, 0) is 55.9 Å². The summed E-state index contributed by atoms with van der Waals surface area (Å²) < 4.78 is 31.4. The average molecular weight is 524 g/mol. The number of fused-ring (bicyclic) bond motifs is 1. The van der Waals surface area contributed by atoms with Crippen LogP contribution in [0.1, 0.15) is 26.7 Å². The lowest BCUT2D eigenvalue weighted by Crippen LogP contribution is -2.38. The summed E-state index contributed by atoms with van der Waals surface area (Å²) >= 11 is 7.71. The third-order valence-corrected chi connectivity index (χ3v) is 8.81. The number of hydrogen-bond acceptors (Lipinski definition) is 7. The largest absolute Gasteiger partial charge is 0.497 e. The highest BCUT2D eigenvalue weighted by Crippen LogP contribution is 2.33. The van der Waals surface area contributed by atoms with Gasteiger partial charge in [0.25, 0.3) is 0 Å². The number of para-hydroxylation sites is 1. The van der Waals surface area contributed by atoms with Crippen LogP contribution in [-0.2, 0) is 14.6 Å². The Balaban J connectivity index is 1.73. The van der Waals surface area contributed by atoms with Crippen molar-refractivity contribution in [3.8, 4) is 5.75 Å². The Hall–Kier alpha value is -2.20. The van der Waals surface area contributed by atoms with Gasteiger partial charge >= 0.3 is 0 Å². The summed E-state index contributed by atoms with van der Waals surface area (Å²) in [5, 5.41) is 1.12. The van der Waals surface area contributed by atoms with E-state index in [1.807, 2.05) is 12.1 Å². The molecule has 0 atom stereocenters. The average Bonchev–Trinajstić information content (AvgIpc) is 3.27. The molecule has 0 radical (unpaired) electrons. The lowest BCUT2D eigenvalue weighted by Gasteiger charge is -2.24. The van der Waals surface area contributed by atoms with Crippen LogP contribution in [0.5, 0.6) is 5.75 Å². The van der Waals surface area contributed by atoms with Crippen LogP contribution in [-0.4, -0.2) is 63.3 Å². The number of anilines is 1. The number of benzene rings is 2. The van der Waals surface area contributed by atoms with Gasteiger partial charge in [-0.2, -0.15) is 0 Å². The predicted molar refractivity (Wildman–Crippen MR) is 139 cm³/mol. The number of amides is 1. The van der Waals surface area contributed by atoms with E-state index in [9.17, 15) is 13.2 Å². The zero-order valence-corrected chi connectivity index (χ0v) is 22.0. The van der Waals surface area contributed by atoms with Gasteiger partial charge in [0.15, 0.2) is 15.0 Å². The van der Waals surface area contributed by atoms with Crippen molar-refractivity contribution in [3.05, 3.63) is 47.5 Å². The van der Waals surface area contributed by atoms with E-state index in [1.54, 1.807) is 23.1 Å². The summed E-state index contributed by atoms with van der Waals surface area (Å²) in [4.78, 5) is 22.0. The van der Waals surface area contributed by atoms with Crippen molar-refractivity contribution < 1.29 is 17.9 Å². The van der Waals surface area contributed by atoms with E-state index in [0.29, 0.717) is 34.5 Å².